The van der Waals surface area contributed by atoms with Gasteiger partial charge in [-0.1, -0.05) is 6.08 Å². The number of unbranched alkanes of at least 4 members (excludes halogenated alkanes) is 1. The topological polar surface area (TPSA) is 49.3 Å². The summed E-state index contributed by atoms with van der Waals surface area (Å²) in [5, 5.41) is 11.4. The molecule has 0 aromatic heterocycles. The van der Waals surface area contributed by atoms with Crippen molar-refractivity contribution in [3.8, 4) is 0 Å². The SMILES string of the molecule is [2H]C([2H])([2H])NC(C(=O)O)C1(CCCC=C)CC1. The molecule has 1 aliphatic rings. The summed E-state index contributed by atoms with van der Waals surface area (Å²) in [4.78, 5) is 11.2. The van der Waals surface area contributed by atoms with E-state index >= 15 is 0 Å². The largest absolute Gasteiger partial charge is 0.480 e. The molecule has 0 heterocycles. The van der Waals surface area contributed by atoms with Crippen molar-refractivity contribution in [3.05, 3.63) is 12.7 Å². The Labute approximate surface area is 89.4 Å². The second-order valence-electron chi connectivity index (χ2n) is 3.96. The number of nitrogens with one attached hydrogen (secondary N) is 1. The van der Waals surface area contributed by atoms with E-state index < -0.39 is 19.0 Å². The van der Waals surface area contributed by atoms with Gasteiger partial charge in [-0.3, -0.25) is 4.79 Å². The second-order valence-corrected chi connectivity index (χ2v) is 3.96. The molecule has 0 spiro atoms. The lowest BCUT2D eigenvalue weighted by Gasteiger charge is -2.22. The third-order valence-corrected chi connectivity index (χ3v) is 2.98. The molecule has 0 aliphatic heterocycles. The van der Waals surface area contributed by atoms with Gasteiger partial charge in [-0.15, -0.1) is 6.58 Å². The Kier molecular flexibility index (Phi) is 2.45. The van der Waals surface area contributed by atoms with Crippen molar-refractivity contribution in [2.45, 2.75) is 38.1 Å². The normalized spacial score (nSPS) is 24.1. The summed E-state index contributed by atoms with van der Waals surface area (Å²) < 4.78 is 21.4. The van der Waals surface area contributed by atoms with Crippen molar-refractivity contribution in [2.75, 3.05) is 6.98 Å². The van der Waals surface area contributed by atoms with Gasteiger partial charge in [-0.2, -0.15) is 0 Å². The zero-order valence-corrected chi connectivity index (χ0v) is 8.25. The highest BCUT2D eigenvalue weighted by Crippen LogP contribution is 2.52. The Morgan fingerprint density at radius 3 is 3.00 bits per heavy atom. The van der Waals surface area contributed by atoms with E-state index in [2.05, 4.69) is 11.9 Å². The Bertz CT molecular complexity index is 298. The molecule has 1 atom stereocenters. The molecule has 80 valence electrons. The van der Waals surface area contributed by atoms with Gasteiger partial charge in [0.25, 0.3) is 0 Å². The first-order valence-corrected chi connectivity index (χ1v) is 4.92. The van der Waals surface area contributed by atoms with Crippen LogP contribution in [-0.2, 0) is 4.79 Å². The Balaban J connectivity index is 2.63. The number of carbonyl (C=O) groups is 1. The monoisotopic (exact) mass is 200 g/mol. The fraction of sp³-hybridized carbons (Fsp3) is 0.727. The van der Waals surface area contributed by atoms with Crippen LogP contribution in [0.5, 0.6) is 0 Å². The van der Waals surface area contributed by atoms with Gasteiger partial charge >= 0.3 is 5.97 Å². The molecule has 0 bridgehead atoms. The predicted octanol–water partition coefficient (Wildman–Crippen LogP) is 1.80. The molecule has 1 fully saturated rings. The number of hydrogen-bond acceptors (Lipinski definition) is 2. The van der Waals surface area contributed by atoms with Gasteiger partial charge in [-0.25, -0.2) is 0 Å². The standard InChI is InChI=1S/C11H19NO2/c1-3-4-5-6-11(7-8-11)9(12-2)10(13)14/h3,9,12H,1,4-8H2,2H3,(H,13,14)/i2D3. The first-order valence-electron chi connectivity index (χ1n) is 6.42. The number of rotatable bonds is 7. The highest BCUT2D eigenvalue weighted by atomic mass is 16.4. The summed E-state index contributed by atoms with van der Waals surface area (Å²) in [6.45, 7) is 1.21. The van der Waals surface area contributed by atoms with Crippen LogP contribution in [0.2, 0.25) is 0 Å². The molecule has 0 amide bonds. The van der Waals surface area contributed by atoms with Gasteiger partial charge < -0.3 is 10.4 Å². The van der Waals surface area contributed by atoms with E-state index in [0.29, 0.717) is 0 Å². The fourth-order valence-electron chi connectivity index (χ4n) is 1.92. The van der Waals surface area contributed by atoms with Crippen LogP contribution >= 0.6 is 0 Å². The smallest absolute Gasteiger partial charge is 0.321 e. The van der Waals surface area contributed by atoms with Crippen LogP contribution in [0.15, 0.2) is 12.7 Å². The zero-order chi connectivity index (χ0) is 13.1. The van der Waals surface area contributed by atoms with Crippen molar-refractivity contribution < 1.29 is 14.0 Å². The van der Waals surface area contributed by atoms with Crippen LogP contribution in [0.25, 0.3) is 0 Å². The van der Waals surface area contributed by atoms with Gasteiger partial charge in [0.2, 0.25) is 0 Å². The van der Waals surface area contributed by atoms with E-state index in [1.165, 1.54) is 0 Å². The predicted molar refractivity (Wildman–Crippen MR) is 56.2 cm³/mol. The average Bonchev–Trinajstić information content (AvgIpc) is 2.94. The summed E-state index contributed by atoms with van der Waals surface area (Å²) in [7, 11) is 0. The van der Waals surface area contributed by atoms with E-state index in [-0.39, 0.29) is 5.41 Å². The molecule has 1 saturated carbocycles. The van der Waals surface area contributed by atoms with Crippen LogP contribution in [0.4, 0.5) is 0 Å². The van der Waals surface area contributed by atoms with Crippen LogP contribution < -0.4 is 5.32 Å². The van der Waals surface area contributed by atoms with Gasteiger partial charge in [-0.05, 0) is 44.5 Å². The lowest BCUT2D eigenvalue weighted by Crippen LogP contribution is -2.42. The van der Waals surface area contributed by atoms with E-state index in [1.807, 2.05) is 0 Å². The summed E-state index contributed by atoms with van der Waals surface area (Å²) in [6.07, 6.45) is 5.79. The third-order valence-electron chi connectivity index (χ3n) is 2.98. The minimum Gasteiger partial charge on any atom is -0.480 e. The highest BCUT2D eigenvalue weighted by Gasteiger charge is 2.51. The van der Waals surface area contributed by atoms with Crippen LogP contribution in [0.3, 0.4) is 0 Å². The maximum Gasteiger partial charge on any atom is 0.321 e. The summed E-state index contributed by atoms with van der Waals surface area (Å²) in [6, 6.07) is -0.972. The zero-order valence-electron chi connectivity index (χ0n) is 11.3. The summed E-state index contributed by atoms with van der Waals surface area (Å²) in [5.74, 6) is -1.07. The molecule has 3 heteroatoms. The molecule has 1 aliphatic carbocycles. The lowest BCUT2D eigenvalue weighted by molar-refractivity contribution is -0.141. The minimum absolute atomic E-state index is 0.372. The van der Waals surface area contributed by atoms with Gasteiger partial charge in [0.1, 0.15) is 6.04 Å². The molecule has 0 aromatic carbocycles. The molecule has 2 N–H and O–H groups in total. The molecule has 0 aromatic rings. The first kappa shape index (κ1) is 7.46. The maximum absolute atomic E-state index is 11.2. The number of carboxylic acids is 1. The number of aliphatic carboxylic acids is 1. The van der Waals surface area contributed by atoms with Crippen LogP contribution in [0, 0.1) is 5.41 Å². The fourth-order valence-corrected chi connectivity index (χ4v) is 1.92. The quantitative estimate of drug-likeness (QED) is 0.486. The van der Waals surface area contributed by atoms with Crippen molar-refractivity contribution >= 4 is 5.97 Å². The summed E-state index contributed by atoms with van der Waals surface area (Å²) >= 11 is 0. The van der Waals surface area contributed by atoms with Crippen LogP contribution in [0.1, 0.15) is 36.2 Å². The number of allylic oxidation sites excluding steroid dienone is 1. The number of carboxylic acid groups (broad SMARTS) is 1. The molecule has 14 heavy (non-hydrogen) atoms. The van der Waals surface area contributed by atoms with E-state index in [0.717, 1.165) is 32.1 Å². The third kappa shape index (κ3) is 2.35. The minimum atomic E-state index is -2.41. The molecule has 1 rings (SSSR count). The Morgan fingerprint density at radius 2 is 2.57 bits per heavy atom. The molecule has 0 radical (unpaired) electrons. The van der Waals surface area contributed by atoms with Crippen molar-refractivity contribution in [3.63, 3.8) is 0 Å². The lowest BCUT2D eigenvalue weighted by atomic mass is 9.90. The van der Waals surface area contributed by atoms with Crippen LogP contribution in [-0.4, -0.2) is 24.1 Å². The highest BCUT2D eigenvalue weighted by molar-refractivity contribution is 5.75. The number of likely N-dealkylation sites (N-methyl/N-ethyl adjacent to an activating group) is 1. The van der Waals surface area contributed by atoms with Gasteiger partial charge in [0, 0.05) is 4.11 Å². The van der Waals surface area contributed by atoms with Crippen molar-refractivity contribution in [2.24, 2.45) is 5.41 Å². The van der Waals surface area contributed by atoms with Gasteiger partial charge in [0.15, 0.2) is 0 Å². The number of hydrogen-bond donors (Lipinski definition) is 2. The molecule has 0 saturated heterocycles. The van der Waals surface area contributed by atoms with Gasteiger partial charge in [0.05, 0.1) is 0 Å². The van der Waals surface area contributed by atoms with Crippen molar-refractivity contribution in [1.82, 2.24) is 5.32 Å². The Morgan fingerprint density at radius 1 is 1.86 bits per heavy atom. The summed E-state index contributed by atoms with van der Waals surface area (Å²) in [5.41, 5.74) is -0.372. The van der Waals surface area contributed by atoms with E-state index in [9.17, 15) is 4.79 Å². The molecular weight excluding hydrogens is 178 g/mol. The Hall–Kier alpha value is -0.830. The van der Waals surface area contributed by atoms with E-state index in [1.54, 1.807) is 6.08 Å². The first-order chi connectivity index (χ1) is 7.81. The molecule has 1 unspecified atom stereocenters. The second kappa shape index (κ2) is 4.60. The van der Waals surface area contributed by atoms with Crippen molar-refractivity contribution in [1.29, 1.82) is 0 Å². The molecule has 3 nitrogen and oxygen atoms in total. The average molecular weight is 200 g/mol. The maximum atomic E-state index is 11.2. The molecular formula is C11H19NO2. The van der Waals surface area contributed by atoms with E-state index in [4.69, 9.17) is 9.22 Å².